The molecule has 0 bridgehead atoms. The highest BCUT2D eigenvalue weighted by atomic mass is 32.2. The Morgan fingerprint density at radius 3 is 1.96 bits per heavy atom. The Hall–Kier alpha value is -1.83. The molecule has 27 heavy (non-hydrogen) atoms. The second-order valence-electron chi connectivity index (χ2n) is 5.99. The van der Waals surface area contributed by atoms with E-state index in [2.05, 4.69) is 5.10 Å². The van der Waals surface area contributed by atoms with Crippen LogP contribution < -0.4 is 0 Å². The fourth-order valence-electron chi connectivity index (χ4n) is 2.68. The number of carbonyl (C=O) groups is 2. The van der Waals surface area contributed by atoms with Crippen LogP contribution >= 0.6 is 11.8 Å². The van der Waals surface area contributed by atoms with Crippen molar-refractivity contribution in [3.8, 4) is 0 Å². The maximum Gasteiger partial charge on any atom is 0.432 e. The van der Waals surface area contributed by atoms with Crippen molar-refractivity contribution in [1.82, 2.24) is 5.01 Å². The fourth-order valence-corrected chi connectivity index (χ4v) is 3.17. The summed E-state index contributed by atoms with van der Waals surface area (Å²) in [5, 5.41) is 3.86. The van der Waals surface area contributed by atoms with Crippen LogP contribution in [0.25, 0.3) is 0 Å². The SMILES string of the molecule is CCc1cc(CC)c(C(=O)C(=O)N(C)/N=C(/CSC)C(F)(F)F)c(CC)c1. The van der Waals surface area contributed by atoms with E-state index in [1.54, 1.807) is 0 Å². The molecule has 0 heterocycles. The van der Waals surface area contributed by atoms with E-state index < -0.39 is 29.3 Å². The maximum absolute atomic E-state index is 13.0. The first kappa shape index (κ1) is 23.2. The van der Waals surface area contributed by atoms with Crippen molar-refractivity contribution in [2.75, 3.05) is 19.1 Å². The molecule has 0 unspecified atom stereocenters. The number of benzene rings is 1. The van der Waals surface area contributed by atoms with Gasteiger partial charge in [-0.1, -0.05) is 32.9 Å². The number of aryl methyl sites for hydroxylation is 3. The van der Waals surface area contributed by atoms with E-state index in [4.69, 9.17) is 0 Å². The minimum Gasteiger partial charge on any atom is -0.283 e. The zero-order valence-electron chi connectivity index (χ0n) is 16.2. The number of amides is 1. The van der Waals surface area contributed by atoms with Crippen LogP contribution in [0.4, 0.5) is 13.2 Å². The number of halogens is 3. The number of thioether (sulfide) groups is 1. The van der Waals surface area contributed by atoms with Crippen LogP contribution in [0, 0.1) is 0 Å². The highest BCUT2D eigenvalue weighted by molar-refractivity contribution is 7.99. The van der Waals surface area contributed by atoms with E-state index in [0.717, 1.165) is 41.9 Å². The van der Waals surface area contributed by atoms with Crippen LogP contribution in [0.2, 0.25) is 0 Å². The summed E-state index contributed by atoms with van der Waals surface area (Å²) in [6.07, 6.45) is -1.28. The van der Waals surface area contributed by atoms with Gasteiger partial charge in [0.1, 0.15) is 0 Å². The van der Waals surface area contributed by atoms with Gasteiger partial charge in [-0.25, -0.2) is 5.01 Å². The predicted molar refractivity (Wildman–Crippen MR) is 104 cm³/mol. The summed E-state index contributed by atoms with van der Waals surface area (Å²) >= 11 is 0.938. The Balaban J connectivity index is 3.31. The van der Waals surface area contributed by atoms with Crippen LogP contribution in [0.1, 0.15) is 47.8 Å². The Labute approximate surface area is 162 Å². The second-order valence-corrected chi connectivity index (χ2v) is 6.85. The lowest BCUT2D eigenvalue weighted by Crippen LogP contribution is -2.35. The van der Waals surface area contributed by atoms with E-state index in [1.165, 1.54) is 6.26 Å². The molecule has 0 saturated heterocycles. The molecule has 8 heteroatoms. The molecule has 0 aliphatic rings. The molecule has 0 aromatic heterocycles. The molecule has 1 amide bonds. The summed E-state index contributed by atoms with van der Waals surface area (Å²) in [5.74, 6) is -2.31. The van der Waals surface area contributed by atoms with Crippen molar-refractivity contribution in [1.29, 1.82) is 0 Å². The number of carbonyl (C=O) groups excluding carboxylic acids is 2. The van der Waals surface area contributed by atoms with Gasteiger partial charge >= 0.3 is 12.1 Å². The third-order valence-electron chi connectivity index (χ3n) is 4.13. The lowest BCUT2D eigenvalue weighted by molar-refractivity contribution is -0.125. The van der Waals surface area contributed by atoms with Crippen LogP contribution in [-0.4, -0.2) is 47.6 Å². The summed E-state index contributed by atoms with van der Waals surface area (Å²) in [6.45, 7) is 5.74. The summed E-state index contributed by atoms with van der Waals surface area (Å²) < 4.78 is 39.0. The number of hydrogen-bond donors (Lipinski definition) is 0. The number of ketones is 1. The number of alkyl halides is 3. The molecule has 1 rings (SSSR count). The van der Waals surface area contributed by atoms with E-state index >= 15 is 0 Å². The van der Waals surface area contributed by atoms with Gasteiger partial charge in [0.2, 0.25) is 0 Å². The number of nitrogens with zero attached hydrogens (tertiary/aromatic N) is 2. The second kappa shape index (κ2) is 9.92. The number of hydrogen-bond acceptors (Lipinski definition) is 4. The average Bonchev–Trinajstić information content (AvgIpc) is 2.64. The van der Waals surface area contributed by atoms with Crippen LogP contribution in [0.3, 0.4) is 0 Å². The van der Waals surface area contributed by atoms with Crippen molar-refractivity contribution in [2.24, 2.45) is 5.10 Å². The lowest BCUT2D eigenvalue weighted by atomic mass is 9.91. The van der Waals surface area contributed by atoms with Crippen LogP contribution in [0.15, 0.2) is 17.2 Å². The van der Waals surface area contributed by atoms with Gasteiger partial charge in [-0.15, -0.1) is 0 Å². The predicted octanol–water partition coefficient (Wildman–Crippen LogP) is 4.30. The molecule has 4 nitrogen and oxygen atoms in total. The van der Waals surface area contributed by atoms with E-state index in [1.807, 2.05) is 32.9 Å². The molecule has 0 fully saturated rings. The van der Waals surface area contributed by atoms with Gasteiger partial charge in [-0.3, -0.25) is 9.59 Å². The Kier molecular flexibility index (Phi) is 8.53. The van der Waals surface area contributed by atoms with Gasteiger partial charge in [0.15, 0.2) is 5.71 Å². The Bertz CT molecular complexity index is 705. The minimum absolute atomic E-state index is 0.280. The number of hydrazone groups is 1. The minimum atomic E-state index is -4.66. The molecule has 0 atom stereocenters. The van der Waals surface area contributed by atoms with Crippen molar-refractivity contribution < 1.29 is 22.8 Å². The Morgan fingerprint density at radius 2 is 1.59 bits per heavy atom. The first-order valence-corrected chi connectivity index (χ1v) is 10.1. The molecule has 0 spiro atoms. The van der Waals surface area contributed by atoms with E-state index in [0.29, 0.717) is 17.9 Å². The van der Waals surface area contributed by atoms with E-state index in [-0.39, 0.29) is 5.56 Å². The fraction of sp³-hybridized carbons (Fsp3) is 0.526. The summed E-state index contributed by atoms with van der Waals surface area (Å²) in [6, 6.07) is 3.75. The van der Waals surface area contributed by atoms with Crippen molar-refractivity contribution in [3.63, 3.8) is 0 Å². The van der Waals surface area contributed by atoms with Gasteiger partial charge in [0.25, 0.3) is 5.78 Å². The van der Waals surface area contributed by atoms with Crippen molar-refractivity contribution in [3.05, 3.63) is 34.4 Å². The molecule has 0 saturated carbocycles. The molecule has 1 aromatic carbocycles. The van der Waals surface area contributed by atoms with Gasteiger partial charge < -0.3 is 0 Å². The molecular formula is C19H25F3N2O2S. The smallest absolute Gasteiger partial charge is 0.283 e. The topological polar surface area (TPSA) is 49.7 Å². The van der Waals surface area contributed by atoms with Gasteiger partial charge in [0.05, 0.1) is 0 Å². The van der Waals surface area contributed by atoms with Gasteiger partial charge in [-0.05, 0) is 42.2 Å². The highest BCUT2D eigenvalue weighted by Gasteiger charge is 2.36. The third-order valence-corrected chi connectivity index (χ3v) is 4.69. The first-order chi connectivity index (χ1) is 12.6. The average molecular weight is 402 g/mol. The normalized spacial score (nSPS) is 12.2. The standard InChI is InChI=1S/C19H25F3N2O2S/c1-6-12-9-13(7-2)16(14(8-3)10-12)17(25)18(26)24(4)23-15(11-27-5)19(20,21)22/h9-10H,6-8,11H2,1-5H3/b23-15-. The van der Waals surface area contributed by atoms with Crippen molar-refractivity contribution in [2.45, 2.75) is 46.2 Å². The van der Waals surface area contributed by atoms with Gasteiger partial charge in [0, 0.05) is 18.4 Å². The molecule has 0 aliphatic carbocycles. The maximum atomic E-state index is 13.0. The Morgan fingerprint density at radius 1 is 1.07 bits per heavy atom. The molecular weight excluding hydrogens is 377 g/mol. The molecule has 150 valence electrons. The quantitative estimate of drug-likeness (QED) is 0.282. The third kappa shape index (κ3) is 5.82. The largest absolute Gasteiger partial charge is 0.432 e. The van der Waals surface area contributed by atoms with E-state index in [9.17, 15) is 22.8 Å². The number of Topliss-reactive ketones (excluding diaryl/α,β-unsaturated/α-hetero) is 1. The van der Waals surface area contributed by atoms with Gasteiger partial charge in [-0.2, -0.15) is 30.0 Å². The molecule has 1 aromatic rings. The van der Waals surface area contributed by atoms with Crippen molar-refractivity contribution >= 4 is 29.2 Å². The summed E-state index contributed by atoms with van der Waals surface area (Å²) in [5.41, 5.74) is 1.68. The first-order valence-electron chi connectivity index (χ1n) is 8.71. The lowest BCUT2D eigenvalue weighted by Gasteiger charge is -2.18. The number of likely N-dealkylation sites (N-methyl/N-ethyl adjacent to an activating group) is 1. The zero-order valence-corrected chi connectivity index (χ0v) is 17.1. The molecule has 0 radical (unpaired) electrons. The molecule has 0 aliphatic heterocycles. The van der Waals surface area contributed by atoms with Crippen LogP contribution in [0.5, 0.6) is 0 Å². The zero-order chi connectivity index (χ0) is 20.8. The summed E-state index contributed by atoms with van der Waals surface area (Å²) in [7, 11) is 1.07. The van der Waals surface area contributed by atoms with Crippen LogP contribution in [-0.2, 0) is 24.1 Å². The number of rotatable bonds is 8. The molecule has 0 N–H and O–H groups in total. The monoisotopic (exact) mass is 402 g/mol. The highest BCUT2D eigenvalue weighted by Crippen LogP contribution is 2.23. The summed E-state index contributed by atoms with van der Waals surface area (Å²) in [4.78, 5) is 25.3.